The predicted molar refractivity (Wildman–Crippen MR) is 102 cm³/mol. The average molecular weight is 416 g/mol. The van der Waals surface area contributed by atoms with Gasteiger partial charge < -0.3 is 9.84 Å². The summed E-state index contributed by atoms with van der Waals surface area (Å²) in [6.45, 7) is 1.83. The van der Waals surface area contributed by atoms with E-state index in [9.17, 15) is 14.3 Å². The molecule has 2 aromatic carbocycles. The first-order valence-electron chi connectivity index (χ1n) is 7.91. The summed E-state index contributed by atoms with van der Waals surface area (Å²) >= 11 is 3.42. The van der Waals surface area contributed by atoms with Gasteiger partial charge in [0.15, 0.2) is 0 Å². The molecule has 3 rings (SSSR count). The Bertz CT molecular complexity index is 1000. The van der Waals surface area contributed by atoms with E-state index in [1.807, 2.05) is 18.2 Å². The standard InChI is InChI=1S/C20H15BrFNO3/c1-2-26-20(25)19(24)10-18-16-9-13(21)5-8-15(16)17(11-23-18)12-3-6-14(22)7-4-12/h3-11,24H,2H2,1H3/b19-10-. The van der Waals surface area contributed by atoms with E-state index in [-0.39, 0.29) is 12.4 Å². The van der Waals surface area contributed by atoms with Gasteiger partial charge in [0, 0.05) is 27.7 Å². The molecule has 0 saturated carbocycles. The van der Waals surface area contributed by atoms with Gasteiger partial charge in [-0.3, -0.25) is 4.98 Å². The molecule has 0 atom stereocenters. The summed E-state index contributed by atoms with van der Waals surface area (Å²) in [5.41, 5.74) is 2.06. The molecule has 4 nitrogen and oxygen atoms in total. The zero-order valence-corrected chi connectivity index (χ0v) is 15.5. The van der Waals surface area contributed by atoms with Gasteiger partial charge in [-0.2, -0.15) is 0 Å². The van der Waals surface area contributed by atoms with E-state index in [0.29, 0.717) is 5.69 Å². The van der Waals surface area contributed by atoms with Gasteiger partial charge >= 0.3 is 5.97 Å². The van der Waals surface area contributed by atoms with E-state index in [0.717, 1.165) is 26.4 Å². The van der Waals surface area contributed by atoms with Crippen LogP contribution < -0.4 is 0 Å². The Kier molecular flexibility index (Phi) is 5.32. The molecule has 0 aliphatic carbocycles. The van der Waals surface area contributed by atoms with Crippen LogP contribution in [-0.4, -0.2) is 22.7 Å². The first-order valence-corrected chi connectivity index (χ1v) is 8.71. The van der Waals surface area contributed by atoms with Crippen LogP contribution in [0.1, 0.15) is 12.6 Å². The molecule has 0 amide bonds. The summed E-state index contributed by atoms with van der Waals surface area (Å²) in [5, 5.41) is 11.5. The fourth-order valence-electron chi connectivity index (χ4n) is 2.60. The van der Waals surface area contributed by atoms with Gasteiger partial charge in [0.25, 0.3) is 0 Å². The van der Waals surface area contributed by atoms with Crippen LogP contribution in [0, 0.1) is 5.82 Å². The number of esters is 1. The maximum Gasteiger partial charge on any atom is 0.373 e. The number of fused-ring (bicyclic) bond motifs is 1. The van der Waals surface area contributed by atoms with Crippen LogP contribution in [0.4, 0.5) is 4.39 Å². The van der Waals surface area contributed by atoms with Crippen molar-refractivity contribution in [3.05, 3.63) is 70.4 Å². The van der Waals surface area contributed by atoms with Crippen LogP contribution in [0.25, 0.3) is 28.0 Å². The third kappa shape index (κ3) is 3.75. The quantitative estimate of drug-likeness (QED) is 0.358. The van der Waals surface area contributed by atoms with Crippen LogP contribution in [0.2, 0.25) is 0 Å². The van der Waals surface area contributed by atoms with E-state index < -0.39 is 11.7 Å². The zero-order valence-electron chi connectivity index (χ0n) is 13.9. The minimum absolute atomic E-state index is 0.167. The Morgan fingerprint density at radius 2 is 1.96 bits per heavy atom. The molecule has 3 aromatic rings. The Morgan fingerprint density at radius 1 is 1.23 bits per heavy atom. The number of ether oxygens (including phenoxy) is 1. The number of aliphatic hydroxyl groups excluding tert-OH is 1. The van der Waals surface area contributed by atoms with Crippen LogP contribution in [-0.2, 0) is 9.53 Å². The molecule has 0 unspecified atom stereocenters. The predicted octanol–water partition coefficient (Wildman–Crippen LogP) is 5.27. The molecule has 1 aromatic heterocycles. The first kappa shape index (κ1) is 18.1. The number of hydrogen-bond donors (Lipinski definition) is 1. The summed E-state index contributed by atoms with van der Waals surface area (Å²) in [7, 11) is 0. The van der Waals surface area contributed by atoms with Gasteiger partial charge in [-0.15, -0.1) is 0 Å². The van der Waals surface area contributed by atoms with E-state index in [1.54, 1.807) is 25.3 Å². The summed E-state index contributed by atoms with van der Waals surface area (Å²) in [4.78, 5) is 16.0. The van der Waals surface area contributed by atoms with Gasteiger partial charge in [0.05, 0.1) is 12.3 Å². The molecule has 1 heterocycles. The molecular weight excluding hydrogens is 401 g/mol. The Labute approximate surface area is 158 Å². The Hall–Kier alpha value is -2.73. The second kappa shape index (κ2) is 7.66. The van der Waals surface area contributed by atoms with Crippen molar-refractivity contribution >= 4 is 38.7 Å². The number of nitrogens with zero attached hydrogens (tertiary/aromatic N) is 1. The highest BCUT2D eigenvalue weighted by atomic mass is 79.9. The summed E-state index contributed by atoms with van der Waals surface area (Å²) < 4.78 is 18.8. The third-order valence-electron chi connectivity index (χ3n) is 3.79. The minimum atomic E-state index is -0.806. The highest BCUT2D eigenvalue weighted by Crippen LogP contribution is 2.32. The number of aliphatic hydroxyl groups is 1. The topological polar surface area (TPSA) is 59.4 Å². The molecule has 0 bridgehead atoms. The lowest BCUT2D eigenvalue weighted by Gasteiger charge is -2.10. The molecule has 0 fully saturated rings. The molecular formula is C20H15BrFNO3. The van der Waals surface area contributed by atoms with Crippen molar-refractivity contribution in [2.24, 2.45) is 0 Å². The van der Waals surface area contributed by atoms with Crippen molar-refractivity contribution in [3.8, 4) is 11.1 Å². The molecule has 0 aliphatic heterocycles. The minimum Gasteiger partial charge on any atom is -0.502 e. The number of carbonyl (C=O) groups excluding carboxylic acids is 1. The third-order valence-corrected chi connectivity index (χ3v) is 4.29. The number of halogens is 2. The van der Waals surface area contributed by atoms with Gasteiger partial charge in [-0.05, 0) is 42.1 Å². The molecule has 1 N–H and O–H groups in total. The van der Waals surface area contributed by atoms with Crippen molar-refractivity contribution in [1.29, 1.82) is 0 Å². The second-order valence-electron chi connectivity index (χ2n) is 5.50. The molecule has 0 radical (unpaired) electrons. The van der Waals surface area contributed by atoms with E-state index in [2.05, 4.69) is 20.9 Å². The molecule has 6 heteroatoms. The lowest BCUT2D eigenvalue weighted by Crippen LogP contribution is -2.07. The fraction of sp³-hybridized carbons (Fsp3) is 0.100. The average Bonchev–Trinajstić information content (AvgIpc) is 2.63. The first-order chi connectivity index (χ1) is 12.5. The number of aromatic nitrogens is 1. The highest BCUT2D eigenvalue weighted by Gasteiger charge is 2.13. The maximum absolute atomic E-state index is 13.2. The van der Waals surface area contributed by atoms with Crippen LogP contribution >= 0.6 is 15.9 Å². The number of carbonyl (C=O) groups is 1. The summed E-state index contributed by atoms with van der Waals surface area (Å²) in [6.07, 6.45) is 2.91. The molecule has 0 aliphatic rings. The normalized spacial score (nSPS) is 11.6. The van der Waals surface area contributed by atoms with Crippen molar-refractivity contribution < 1.29 is 19.0 Å². The van der Waals surface area contributed by atoms with Crippen LogP contribution in [0.15, 0.2) is 58.9 Å². The molecule has 0 spiro atoms. The maximum atomic E-state index is 13.2. The zero-order chi connectivity index (χ0) is 18.7. The lowest BCUT2D eigenvalue weighted by molar-refractivity contribution is -0.141. The fourth-order valence-corrected chi connectivity index (χ4v) is 2.97. The number of rotatable bonds is 4. The Morgan fingerprint density at radius 3 is 2.65 bits per heavy atom. The van der Waals surface area contributed by atoms with Gasteiger partial charge in [-0.25, -0.2) is 9.18 Å². The van der Waals surface area contributed by atoms with Gasteiger partial charge in [0.2, 0.25) is 5.76 Å². The van der Waals surface area contributed by atoms with Crippen molar-refractivity contribution in [1.82, 2.24) is 4.98 Å². The smallest absolute Gasteiger partial charge is 0.373 e. The highest BCUT2D eigenvalue weighted by molar-refractivity contribution is 9.10. The summed E-state index contributed by atoms with van der Waals surface area (Å²) in [5.74, 6) is -1.64. The van der Waals surface area contributed by atoms with Crippen molar-refractivity contribution in [2.75, 3.05) is 6.61 Å². The van der Waals surface area contributed by atoms with E-state index >= 15 is 0 Å². The molecule has 0 saturated heterocycles. The van der Waals surface area contributed by atoms with Gasteiger partial charge in [0.1, 0.15) is 5.82 Å². The number of pyridine rings is 1. The van der Waals surface area contributed by atoms with Gasteiger partial charge in [-0.1, -0.05) is 34.1 Å². The monoisotopic (exact) mass is 415 g/mol. The van der Waals surface area contributed by atoms with Crippen LogP contribution in [0.5, 0.6) is 0 Å². The second-order valence-corrected chi connectivity index (χ2v) is 6.42. The van der Waals surface area contributed by atoms with Crippen molar-refractivity contribution in [2.45, 2.75) is 6.92 Å². The van der Waals surface area contributed by atoms with Crippen molar-refractivity contribution in [3.63, 3.8) is 0 Å². The van der Waals surface area contributed by atoms with Crippen LogP contribution in [0.3, 0.4) is 0 Å². The largest absolute Gasteiger partial charge is 0.502 e. The summed E-state index contributed by atoms with van der Waals surface area (Å²) in [6, 6.07) is 11.8. The SMILES string of the molecule is CCOC(=O)/C(O)=C/c1ncc(-c2ccc(F)cc2)c2ccc(Br)cc12. The van der Waals surface area contributed by atoms with E-state index in [1.165, 1.54) is 18.2 Å². The Balaban J connectivity index is 2.17. The molecule has 132 valence electrons. The number of hydrogen-bond acceptors (Lipinski definition) is 4. The van der Waals surface area contributed by atoms with E-state index in [4.69, 9.17) is 4.74 Å². The lowest BCUT2D eigenvalue weighted by atomic mass is 9.99. The molecule has 26 heavy (non-hydrogen) atoms. The number of benzene rings is 2.